The molecule has 6 heteroatoms. The highest BCUT2D eigenvalue weighted by molar-refractivity contribution is 7.89. The van der Waals surface area contributed by atoms with E-state index < -0.39 is 16.1 Å². The number of hydrogen-bond donors (Lipinski definition) is 1. The molecule has 3 rings (SSSR count). The summed E-state index contributed by atoms with van der Waals surface area (Å²) in [4.78, 5) is 2.22. The molecule has 5 nitrogen and oxygen atoms in total. The summed E-state index contributed by atoms with van der Waals surface area (Å²) in [6.45, 7) is 3.93. The minimum atomic E-state index is -3.22. The van der Waals surface area contributed by atoms with Crippen LogP contribution in [-0.2, 0) is 23.0 Å². The molecule has 1 fully saturated rings. The Bertz CT molecular complexity index is 617. The first kappa shape index (κ1) is 15.0. The van der Waals surface area contributed by atoms with Gasteiger partial charge in [0, 0.05) is 26.2 Å². The van der Waals surface area contributed by atoms with Gasteiger partial charge in [0.25, 0.3) is 0 Å². The molecule has 1 aromatic rings. The molecular weight excluding hydrogens is 288 g/mol. The van der Waals surface area contributed by atoms with Gasteiger partial charge in [-0.25, -0.2) is 8.42 Å². The maximum absolute atomic E-state index is 12.0. The van der Waals surface area contributed by atoms with E-state index in [2.05, 4.69) is 23.1 Å². The minimum absolute atomic E-state index is 0.0925. The Kier molecular flexibility index (Phi) is 4.05. The lowest BCUT2D eigenvalue weighted by molar-refractivity contribution is 0.0746. The summed E-state index contributed by atoms with van der Waals surface area (Å²) in [5.41, 5.74) is 2.65. The van der Waals surface area contributed by atoms with Gasteiger partial charge in [-0.05, 0) is 24.5 Å². The second kappa shape index (κ2) is 5.68. The van der Waals surface area contributed by atoms with E-state index in [4.69, 9.17) is 0 Å². The number of benzene rings is 1. The molecule has 0 unspecified atom stereocenters. The summed E-state index contributed by atoms with van der Waals surface area (Å²) < 4.78 is 25.4. The van der Waals surface area contributed by atoms with E-state index in [0.29, 0.717) is 6.54 Å². The first-order valence-electron chi connectivity index (χ1n) is 7.48. The summed E-state index contributed by atoms with van der Waals surface area (Å²) in [6.07, 6.45) is 0.358. The highest BCUT2D eigenvalue weighted by Gasteiger charge is 2.40. The molecule has 0 bridgehead atoms. The third kappa shape index (κ3) is 2.85. The quantitative estimate of drug-likeness (QED) is 0.880. The zero-order valence-corrected chi connectivity index (χ0v) is 13.1. The first-order valence-corrected chi connectivity index (χ1v) is 9.09. The van der Waals surface area contributed by atoms with Crippen molar-refractivity contribution in [3.63, 3.8) is 0 Å². The minimum Gasteiger partial charge on any atom is -0.390 e. The third-order valence-corrected chi connectivity index (χ3v) is 6.43. The molecule has 0 amide bonds. The SMILES string of the molecule is CCS(=O)(=O)N1C[C@@H](O)[C@H](N2CCc3ccccc3C2)C1. The smallest absolute Gasteiger partial charge is 0.213 e. The van der Waals surface area contributed by atoms with Crippen LogP contribution in [0.1, 0.15) is 18.1 Å². The fourth-order valence-corrected chi connectivity index (χ4v) is 4.43. The Morgan fingerprint density at radius 2 is 1.95 bits per heavy atom. The van der Waals surface area contributed by atoms with Crippen molar-refractivity contribution in [1.82, 2.24) is 9.21 Å². The molecule has 0 radical (unpaired) electrons. The van der Waals surface area contributed by atoms with E-state index in [1.54, 1.807) is 6.92 Å². The molecule has 1 saturated heterocycles. The number of sulfonamides is 1. The number of nitrogens with zero attached hydrogens (tertiary/aromatic N) is 2. The van der Waals surface area contributed by atoms with Crippen LogP contribution in [0.2, 0.25) is 0 Å². The maximum Gasteiger partial charge on any atom is 0.213 e. The Balaban J connectivity index is 1.74. The molecule has 2 heterocycles. The van der Waals surface area contributed by atoms with Gasteiger partial charge >= 0.3 is 0 Å². The molecule has 2 atom stereocenters. The molecule has 0 spiro atoms. The van der Waals surface area contributed by atoms with Gasteiger partial charge in [-0.15, -0.1) is 0 Å². The van der Waals surface area contributed by atoms with Crippen molar-refractivity contribution in [3.05, 3.63) is 35.4 Å². The van der Waals surface area contributed by atoms with Crippen LogP contribution in [0.3, 0.4) is 0 Å². The third-order valence-electron chi connectivity index (χ3n) is 4.61. The molecule has 0 aliphatic carbocycles. The maximum atomic E-state index is 12.0. The summed E-state index contributed by atoms with van der Waals surface area (Å²) in [5.74, 6) is 0.0925. The molecule has 2 aliphatic rings. The van der Waals surface area contributed by atoms with Crippen LogP contribution in [0.4, 0.5) is 0 Å². The Hall–Kier alpha value is -0.950. The largest absolute Gasteiger partial charge is 0.390 e. The van der Waals surface area contributed by atoms with E-state index in [9.17, 15) is 13.5 Å². The van der Waals surface area contributed by atoms with Crippen LogP contribution in [0.15, 0.2) is 24.3 Å². The second-order valence-electron chi connectivity index (χ2n) is 5.84. The van der Waals surface area contributed by atoms with Crippen LogP contribution in [0.25, 0.3) is 0 Å². The first-order chi connectivity index (χ1) is 10.0. The van der Waals surface area contributed by atoms with E-state index >= 15 is 0 Å². The lowest BCUT2D eigenvalue weighted by Gasteiger charge is -2.34. The Labute approximate surface area is 126 Å². The monoisotopic (exact) mass is 310 g/mol. The van der Waals surface area contributed by atoms with Crippen molar-refractivity contribution >= 4 is 10.0 Å². The van der Waals surface area contributed by atoms with Crippen LogP contribution in [-0.4, -0.2) is 60.3 Å². The Morgan fingerprint density at radius 1 is 1.24 bits per heavy atom. The van der Waals surface area contributed by atoms with Crippen LogP contribution in [0.5, 0.6) is 0 Å². The predicted molar refractivity (Wildman–Crippen MR) is 81.4 cm³/mol. The molecule has 21 heavy (non-hydrogen) atoms. The predicted octanol–water partition coefficient (Wildman–Crippen LogP) is 0.440. The average Bonchev–Trinajstić information content (AvgIpc) is 2.89. The van der Waals surface area contributed by atoms with Gasteiger partial charge < -0.3 is 5.11 Å². The van der Waals surface area contributed by atoms with Gasteiger partial charge in [0.15, 0.2) is 0 Å². The summed E-state index contributed by atoms with van der Waals surface area (Å²) in [5, 5.41) is 10.3. The number of fused-ring (bicyclic) bond motifs is 1. The Morgan fingerprint density at radius 3 is 2.67 bits per heavy atom. The average molecular weight is 310 g/mol. The van der Waals surface area contributed by atoms with Crippen molar-refractivity contribution in [3.8, 4) is 0 Å². The van der Waals surface area contributed by atoms with Crippen molar-refractivity contribution in [2.24, 2.45) is 0 Å². The fraction of sp³-hybridized carbons (Fsp3) is 0.600. The van der Waals surface area contributed by atoms with Gasteiger partial charge in [0.2, 0.25) is 10.0 Å². The van der Waals surface area contributed by atoms with E-state index in [-0.39, 0.29) is 18.3 Å². The molecule has 1 aromatic carbocycles. The highest BCUT2D eigenvalue weighted by Crippen LogP contribution is 2.26. The van der Waals surface area contributed by atoms with Gasteiger partial charge in [-0.1, -0.05) is 24.3 Å². The number of aliphatic hydroxyl groups is 1. The zero-order chi connectivity index (χ0) is 15.0. The molecule has 2 aliphatic heterocycles. The molecular formula is C15H22N2O3S. The van der Waals surface area contributed by atoms with Gasteiger partial charge in [0.05, 0.1) is 17.9 Å². The van der Waals surface area contributed by atoms with Crippen molar-refractivity contribution in [2.75, 3.05) is 25.4 Å². The number of hydrogen-bond acceptors (Lipinski definition) is 4. The molecule has 1 N–H and O–H groups in total. The topological polar surface area (TPSA) is 60.9 Å². The van der Waals surface area contributed by atoms with Crippen LogP contribution >= 0.6 is 0 Å². The van der Waals surface area contributed by atoms with E-state index in [1.807, 2.05) is 6.07 Å². The molecule has 116 valence electrons. The van der Waals surface area contributed by atoms with Gasteiger partial charge in [-0.2, -0.15) is 4.31 Å². The summed E-state index contributed by atoms with van der Waals surface area (Å²) in [7, 11) is -3.22. The molecule has 0 aromatic heterocycles. The number of rotatable bonds is 3. The summed E-state index contributed by atoms with van der Waals surface area (Å²) in [6, 6.07) is 8.24. The number of aliphatic hydroxyl groups excluding tert-OH is 1. The van der Waals surface area contributed by atoms with Crippen molar-refractivity contribution < 1.29 is 13.5 Å². The second-order valence-corrected chi connectivity index (χ2v) is 8.10. The lowest BCUT2D eigenvalue weighted by Crippen LogP contribution is -2.45. The van der Waals surface area contributed by atoms with Gasteiger partial charge in [0.1, 0.15) is 0 Å². The zero-order valence-electron chi connectivity index (χ0n) is 12.3. The van der Waals surface area contributed by atoms with E-state index in [1.165, 1.54) is 15.4 Å². The van der Waals surface area contributed by atoms with Crippen LogP contribution in [0, 0.1) is 0 Å². The lowest BCUT2D eigenvalue weighted by atomic mass is 9.98. The normalized spacial score (nSPS) is 27.7. The van der Waals surface area contributed by atoms with Crippen molar-refractivity contribution in [2.45, 2.75) is 32.0 Å². The van der Waals surface area contributed by atoms with Crippen LogP contribution < -0.4 is 0 Å². The highest BCUT2D eigenvalue weighted by atomic mass is 32.2. The van der Waals surface area contributed by atoms with Gasteiger partial charge in [-0.3, -0.25) is 4.90 Å². The molecule has 0 saturated carbocycles. The number of β-amino-alcohol motifs (C(OH)–C–C–N with tert-alkyl or cyclic N) is 1. The van der Waals surface area contributed by atoms with Crippen molar-refractivity contribution in [1.29, 1.82) is 0 Å². The van der Waals surface area contributed by atoms with E-state index in [0.717, 1.165) is 19.5 Å². The standard InChI is InChI=1S/C15H22N2O3S/c1-2-21(19,20)17-10-14(15(18)11-17)16-8-7-12-5-3-4-6-13(12)9-16/h3-6,14-15,18H,2,7-11H2,1H3/t14-,15-/m1/s1. The fourth-order valence-electron chi connectivity index (χ4n) is 3.30. The summed E-state index contributed by atoms with van der Waals surface area (Å²) >= 11 is 0.